The van der Waals surface area contributed by atoms with Crippen LogP contribution in [0.2, 0.25) is 0 Å². The van der Waals surface area contributed by atoms with Crippen LogP contribution in [-0.2, 0) is 11.8 Å². The summed E-state index contributed by atoms with van der Waals surface area (Å²) in [5.41, 5.74) is -1.07. The second-order valence-corrected chi connectivity index (χ2v) is 3.54. The first-order valence-corrected chi connectivity index (χ1v) is 5.30. The third kappa shape index (κ3) is 3.66. The number of hydrogen-bond acceptors (Lipinski definition) is 3. The number of ether oxygens (including phenoxy) is 1. The second kappa shape index (κ2) is 6.50. The van der Waals surface area contributed by atoms with E-state index in [1.807, 2.05) is 0 Å². The van der Waals surface area contributed by atoms with Crippen molar-refractivity contribution in [2.45, 2.75) is 6.08 Å². The van der Waals surface area contributed by atoms with Gasteiger partial charge in [0, 0.05) is 26.6 Å². The van der Waals surface area contributed by atoms with E-state index in [4.69, 9.17) is 22.6 Å². The van der Waals surface area contributed by atoms with Crippen molar-refractivity contribution in [3.05, 3.63) is 53.7 Å². The summed E-state index contributed by atoms with van der Waals surface area (Å²) in [6.45, 7) is -9.93. The third-order valence-electron chi connectivity index (χ3n) is 2.15. The van der Waals surface area contributed by atoms with E-state index >= 15 is 0 Å². The average Bonchev–Trinajstić information content (AvgIpc) is 3.09. The highest BCUT2D eigenvalue weighted by Crippen LogP contribution is 2.25. The van der Waals surface area contributed by atoms with Gasteiger partial charge in [0.25, 0.3) is 0 Å². The Morgan fingerprint density at radius 2 is 2.37 bits per heavy atom. The van der Waals surface area contributed by atoms with Crippen molar-refractivity contribution >= 4 is 0 Å². The zero-order valence-corrected chi connectivity index (χ0v) is 10.4. The normalized spacial score (nSPS) is 26.6. The minimum absolute atomic E-state index is 0.103. The van der Waals surface area contributed by atoms with E-state index in [-0.39, 0.29) is 10.6 Å². The molecule has 0 aliphatic carbocycles. The van der Waals surface area contributed by atoms with Gasteiger partial charge in [-0.1, -0.05) is 30.2 Å². The van der Waals surface area contributed by atoms with Crippen LogP contribution in [0.15, 0.2) is 42.5 Å². The number of rotatable bonds is 6. The monoisotopic (exact) mass is 272 g/mol. The summed E-state index contributed by atoms with van der Waals surface area (Å²) in [5, 5.41) is 3.84. The Kier molecular flexibility index (Phi) is 1.61. The first-order valence-electron chi connectivity index (χ1n) is 11.8. The van der Waals surface area contributed by atoms with Gasteiger partial charge >= 0.3 is 0 Å². The standard InChI is InChI=1S/C15H21N3O/c1-17(2)11-12-19-15(13-7-5-4-6-8-13)14-9-10-16-18(14)3/h4-10,15H,11-12H2,1-3H3/i1D3,4D,5D,6D,7D,8D,11D2,12D2,15D. The van der Waals surface area contributed by atoms with Gasteiger partial charge in [-0.25, -0.2) is 0 Å². The molecule has 0 saturated carbocycles. The Morgan fingerprint density at radius 1 is 1.58 bits per heavy atom. The van der Waals surface area contributed by atoms with Crippen LogP contribution < -0.4 is 0 Å². The van der Waals surface area contributed by atoms with Gasteiger partial charge in [-0.2, -0.15) is 5.10 Å². The molecular formula is C15H21N3O. The van der Waals surface area contributed by atoms with Crippen LogP contribution in [0.25, 0.3) is 0 Å². The highest BCUT2D eigenvalue weighted by Gasteiger charge is 2.17. The topological polar surface area (TPSA) is 30.3 Å². The van der Waals surface area contributed by atoms with Crippen LogP contribution in [0.3, 0.4) is 0 Å². The molecule has 1 unspecified atom stereocenters. The number of aromatic nitrogens is 2. The summed E-state index contributed by atoms with van der Waals surface area (Å²) in [7, 11) is 2.13. The van der Waals surface area contributed by atoms with E-state index in [0.717, 1.165) is 11.7 Å². The van der Waals surface area contributed by atoms with Gasteiger partial charge in [0.15, 0.2) is 0 Å². The van der Waals surface area contributed by atoms with E-state index < -0.39 is 61.9 Å². The lowest BCUT2D eigenvalue weighted by atomic mass is 10.1. The summed E-state index contributed by atoms with van der Waals surface area (Å²) in [6, 6.07) is -2.94. The maximum atomic E-state index is 8.92. The Bertz CT molecular complexity index is 990. The Morgan fingerprint density at radius 3 is 3.00 bits per heavy atom. The Labute approximate surface area is 132 Å². The predicted molar refractivity (Wildman–Crippen MR) is 76.0 cm³/mol. The lowest BCUT2D eigenvalue weighted by Crippen LogP contribution is -2.20. The summed E-state index contributed by atoms with van der Waals surface area (Å²) in [4.78, 5) is 0.103. The maximum Gasteiger partial charge on any atom is 0.124 e. The van der Waals surface area contributed by atoms with Crippen LogP contribution in [0.5, 0.6) is 0 Å². The van der Waals surface area contributed by atoms with Crippen LogP contribution in [-0.4, -0.2) is 41.8 Å². The van der Waals surface area contributed by atoms with Gasteiger partial charge in [0.1, 0.15) is 6.08 Å². The fraction of sp³-hybridized carbons (Fsp3) is 0.400. The summed E-state index contributed by atoms with van der Waals surface area (Å²) < 4.78 is 110. The van der Waals surface area contributed by atoms with Gasteiger partial charge in [-0.3, -0.25) is 4.68 Å². The van der Waals surface area contributed by atoms with Crippen LogP contribution in [0.4, 0.5) is 0 Å². The molecule has 0 fully saturated rings. The molecule has 2 rings (SSSR count). The zero-order valence-electron chi connectivity index (χ0n) is 23.4. The Balaban J connectivity index is 2.83. The summed E-state index contributed by atoms with van der Waals surface area (Å²) >= 11 is 0. The molecule has 1 aromatic heterocycles. The van der Waals surface area contributed by atoms with Gasteiger partial charge in [0.2, 0.25) is 0 Å². The van der Waals surface area contributed by atoms with Gasteiger partial charge < -0.3 is 9.64 Å². The van der Waals surface area contributed by atoms with Crippen molar-refractivity contribution in [3.8, 4) is 0 Å². The number of hydrogen-bond donors (Lipinski definition) is 0. The molecule has 0 aliphatic heterocycles. The molecule has 4 heteroatoms. The van der Waals surface area contributed by atoms with Gasteiger partial charge in [-0.15, -0.1) is 0 Å². The molecule has 102 valence electrons. The third-order valence-corrected chi connectivity index (χ3v) is 2.15. The average molecular weight is 272 g/mol. The predicted octanol–water partition coefficient (Wildman–Crippen LogP) is 2.09. The fourth-order valence-corrected chi connectivity index (χ4v) is 1.33. The number of aryl methyl sites for hydroxylation is 1. The maximum absolute atomic E-state index is 8.92. The van der Waals surface area contributed by atoms with Crippen molar-refractivity contribution in [2.75, 3.05) is 27.1 Å². The van der Waals surface area contributed by atoms with Crippen molar-refractivity contribution in [3.63, 3.8) is 0 Å². The highest BCUT2D eigenvalue weighted by atomic mass is 16.5. The Hall–Kier alpha value is -1.65. The van der Waals surface area contributed by atoms with Crippen LogP contribution in [0, 0.1) is 0 Å². The quantitative estimate of drug-likeness (QED) is 0.806. The van der Waals surface area contributed by atoms with Crippen molar-refractivity contribution < 1.29 is 22.6 Å². The van der Waals surface area contributed by atoms with Crippen molar-refractivity contribution in [2.24, 2.45) is 7.05 Å². The molecule has 2 aromatic rings. The smallest absolute Gasteiger partial charge is 0.124 e. The lowest BCUT2D eigenvalue weighted by molar-refractivity contribution is 0.0638. The second-order valence-electron chi connectivity index (χ2n) is 3.54. The van der Waals surface area contributed by atoms with Crippen LogP contribution in [0.1, 0.15) is 35.2 Å². The van der Waals surface area contributed by atoms with E-state index in [2.05, 4.69) is 5.10 Å². The first-order chi connectivity index (χ1) is 14.3. The van der Waals surface area contributed by atoms with Crippen molar-refractivity contribution in [1.82, 2.24) is 14.7 Å². The molecule has 0 spiro atoms. The minimum Gasteiger partial charge on any atom is -0.366 e. The number of benzene rings is 1. The summed E-state index contributed by atoms with van der Waals surface area (Å²) in [6.07, 6.45) is -1.72. The van der Waals surface area contributed by atoms with Gasteiger partial charge in [-0.05, 0) is 25.7 Å². The van der Waals surface area contributed by atoms with E-state index in [0.29, 0.717) is 0 Å². The molecule has 0 aliphatic rings. The summed E-state index contributed by atoms with van der Waals surface area (Å²) in [5.74, 6) is 0. The van der Waals surface area contributed by atoms with Crippen LogP contribution >= 0.6 is 0 Å². The molecule has 1 heterocycles. The first kappa shape index (κ1) is 4.72. The minimum atomic E-state index is -3.52. The molecule has 0 saturated heterocycles. The van der Waals surface area contributed by atoms with E-state index in [1.165, 1.54) is 19.3 Å². The number of likely N-dealkylation sites (N-methyl/N-ethyl adjacent to an activating group) is 1. The molecule has 0 N–H and O–H groups in total. The largest absolute Gasteiger partial charge is 0.366 e. The van der Waals surface area contributed by atoms with E-state index in [1.54, 1.807) is 0 Å². The molecule has 19 heavy (non-hydrogen) atoms. The molecule has 0 radical (unpaired) electrons. The van der Waals surface area contributed by atoms with Gasteiger partial charge in [0.05, 0.1) is 23.2 Å². The zero-order chi connectivity index (χ0) is 25.0. The van der Waals surface area contributed by atoms with Crippen molar-refractivity contribution in [1.29, 1.82) is 0 Å². The molecule has 0 bridgehead atoms. The molecule has 1 aromatic carbocycles. The molecular weight excluding hydrogens is 238 g/mol. The SMILES string of the molecule is [2H]c1c([2H])c([2H])c(C([2H])(OC([2H])([2H])C([2H])([2H])N(C)C([2H])([2H])[2H])c2ccnn2C)c([2H])c1[2H]. The number of nitrogens with zero attached hydrogens (tertiary/aromatic N) is 3. The fourth-order valence-electron chi connectivity index (χ4n) is 1.33. The molecule has 4 nitrogen and oxygen atoms in total. The molecule has 1 atom stereocenters. The highest BCUT2D eigenvalue weighted by molar-refractivity contribution is 5.25. The lowest BCUT2D eigenvalue weighted by Gasteiger charge is -2.20. The van der Waals surface area contributed by atoms with E-state index in [9.17, 15) is 0 Å². The molecule has 0 amide bonds.